The molecule has 0 bridgehead atoms. The molecule has 2 aromatic carbocycles. The molecule has 2 aromatic heterocycles. The van der Waals surface area contributed by atoms with Crippen molar-refractivity contribution in [3.05, 3.63) is 91.0 Å². The molecule has 1 atom stereocenters. The Hall–Kier alpha value is -4.53. The highest BCUT2D eigenvalue weighted by Gasteiger charge is 2.27. The van der Waals surface area contributed by atoms with Gasteiger partial charge in [0.05, 0.1) is 23.4 Å². The summed E-state index contributed by atoms with van der Waals surface area (Å²) >= 11 is 0. The predicted octanol–water partition coefficient (Wildman–Crippen LogP) is 3.01. The first-order valence-corrected chi connectivity index (χ1v) is 11.5. The number of carbonyl (C=O) groups excluding carboxylic acids is 2. The lowest BCUT2D eigenvalue weighted by Crippen LogP contribution is -2.49. The van der Waals surface area contributed by atoms with Crippen LogP contribution in [0.5, 0.6) is 0 Å². The zero-order valence-electron chi connectivity index (χ0n) is 19.0. The topological polar surface area (TPSA) is 105 Å². The number of para-hydroxylation sites is 1. The molecule has 2 N–H and O–H groups in total. The third-order valence-electron chi connectivity index (χ3n) is 5.99. The smallest absolute Gasteiger partial charge is 0.273 e. The van der Waals surface area contributed by atoms with Crippen LogP contribution in [0.1, 0.15) is 23.2 Å². The van der Waals surface area contributed by atoms with E-state index in [1.807, 2.05) is 65.6 Å². The van der Waals surface area contributed by atoms with Gasteiger partial charge in [0.1, 0.15) is 11.5 Å². The van der Waals surface area contributed by atoms with Gasteiger partial charge >= 0.3 is 0 Å². The quantitative estimate of drug-likeness (QED) is 0.437. The highest BCUT2D eigenvalue weighted by molar-refractivity contribution is 6.00. The van der Waals surface area contributed by atoms with Crippen LogP contribution in [-0.2, 0) is 4.79 Å². The van der Waals surface area contributed by atoms with E-state index in [4.69, 9.17) is 0 Å². The van der Waals surface area contributed by atoms with E-state index in [2.05, 4.69) is 25.9 Å². The molecule has 4 aromatic rings. The molecule has 1 fully saturated rings. The zero-order chi connectivity index (χ0) is 24.0. The molecule has 35 heavy (non-hydrogen) atoms. The van der Waals surface area contributed by atoms with Crippen molar-refractivity contribution in [1.82, 2.24) is 30.6 Å². The molecule has 3 heterocycles. The fraction of sp³-hybridized carbons (Fsp3) is 0.192. The van der Waals surface area contributed by atoms with Gasteiger partial charge in [-0.2, -0.15) is 5.10 Å². The van der Waals surface area contributed by atoms with Crippen molar-refractivity contribution in [2.75, 3.05) is 18.0 Å². The van der Waals surface area contributed by atoms with Crippen molar-refractivity contribution in [3.63, 3.8) is 0 Å². The van der Waals surface area contributed by atoms with E-state index < -0.39 is 5.91 Å². The molecule has 1 aliphatic heterocycles. The van der Waals surface area contributed by atoms with Crippen LogP contribution in [0.3, 0.4) is 0 Å². The lowest BCUT2D eigenvalue weighted by molar-refractivity contribution is -0.126. The number of hydrogen-bond acceptors (Lipinski definition) is 6. The van der Waals surface area contributed by atoms with Crippen LogP contribution in [0, 0.1) is 5.92 Å². The first-order chi connectivity index (χ1) is 17.2. The zero-order valence-corrected chi connectivity index (χ0v) is 19.0. The second-order valence-corrected chi connectivity index (χ2v) is 8.33. The molecule has 0 radical (unpaired) electrons. The second-order valence-electron chi connectivity index (χ2n) is 8.33. The number of hydrazine groups is 1. The lowest BCUT2D eigenvalue weighted by atomic mass is 9.97. The predicted molar refractivity (Wildman–Crippen MR) is 132 cm³/mol. The van der Waals surface area contributed by atoms with E-state index >= 15 is 0 Å². The van der Waals surface area contributed by atoms with E-state index in [9.17, 15) is 9.59 Å². The summed E-state index contributed by atoms with van der Waals surface area (Å²) < 4.78 is 1.67. The van der Waals surface area contributed by atoms with E-state index in [0.29, 0.717) is 17.8 Å². The number of amides is 2. The van der Waals surface area contributed by atoms with Crippen LogP contribution in [-0.4, -0.2) is 44.7 Å². The number of benzene rings is 2. The molecule has 9 heteroatoms. The molecule has 0 saturated carbocycles. The molecule has 1 aliphatic rings. The molecule has 9 nitrogen and oxygen atoms in total. The Labute approximate surface area is 202 Å². The maximum Gasteiger partial charge on any atom is 0.273 e. The van der Waals surface area contributed by atoms with Crippen LogP contribution in [0.15, 0.2) is 85.5 Å². The Morgan fingerprint density at radius 1 is 0.943 bits per heavy atom. The summed E-state index contributed by atoms with van der Waals surface area (Å²) in [5.41, 5.74) is 7.74. The van der Waals surface area contributed by atoms with Crippen molar-refractivity contribution in [2.45, 2.75) is 12.8 Å². The molecular formula is C26H25N7O2. The normalized spacial score (nSPS) is 15.4. The fourth-order valence-corrected chi connectivity index (χ4v) is 4.20. The van der Waals surface area contributed by atoms with Gasteiger partial charge in [0.2, 0.25) is 5.91 Å². The van der Waals surface area contributed by atoms with Crippen LogP contribution in [0.4, 0.5) is 5.82 Å². The maximum atomic E-state index is 13.1. The summed E-state index contributed by atoms with van der Waals surface area (Å²) in [4.78, 5) is 36.5. The summed E-state index contributed by atoms with van der Waals surface area (Å²) in [5, 5.41) is 4.66. The molecule has 1 saturated heterocycles. The summed E-state index contributed by atoms with van der Waals surface area (Å²) in [6.07, 6.45) is 8.22. The SMILES string of the molecule is O=C(NNC(=O)C1CCCN(c2cnccn2)C1)c1cn(-c2ccccc2)nc1-c1ccccc1. The Kier molecular flexibility index (Phi) is 6.47. The monoisotopic (exact) mass is 467 g/mol. The average molecular weight is 468 g/mol. The van der Waals surface area contributed by atoms with Gasteiger partial charge in [0, 0.05) is 37.2 Å². The molecule has 5 rings (SSSR count). The number of aromatic nitrogens is 4. The van der Waals surface area contributed by atoms with Gasteiger partial charge in [-0.05, 0) is 25.0 Å². The van der Waals surface area contributed by atoms with E-state index in [-0.39, 0.29) is 11.8 Å². The molecule has 176 valence electrons. The van der Waals surface area contributed by atoms with Crippen molar-refractivity contribution in [3.8, 4) is 16.9 Å². The van der Waals surface area contributed by atoms with Crippen molar-refractivity contribution in [2.24, 2.45) is 5.92 Å². The molecule has 0 aliphatic carbocycles. The summed E-state index contributed by atoms with van der Waals surface area (Å²) in [7, 11) is 0. The van der Waals surface area contributed by atoms with Crippen molar-refractivity contribution < 1.29 is 9.59 Å². The summed E-state index contributed by atoms with van der Waals surface area (Å²) in [6, 6.07) is 19.1. The van der Waals surface area contributed by atoms with E-state index in [1.54, 1.807) is 29.5 Å². The second kappa shape index (κ2) is 10.2. The van der Waals surface area contributed by atoms with Gasteiger partial charge in [0.25, 0.3) is 5.91 Å². The van der Waals surface area contributed by atoms with Gasteiger partial charge in [-0.3, -0.25) is 25.4 Å². The number of rotatable bonds is 5. The first kappa shape index (κ1) is 22.3. The number of piperidine rings is 1. The molecule has 1 unspecified atom stereocenters. The molecular weight excluding hydrogens is 442 g/mol. The van der Waals surface area contributed by atoms with Crippen molar-refractivity contribution in [1.29, 1.82) is 0 Å². The fourth-order valence-electron chi connectivity index (χ4n) is 4.20. The highest BCUT2D eigenvalue weighted by Crippen LogP contribution is 2.24. The summed E-state index contributed by atoms with van der Waals surface area (Å²) in [6.45, 7) is 1.33. The van der Waals surface area contributed by atoms with Gasteiger partial charge in [-0.1, -0.05) is 48.5 Å². The summed E-state index contributed by atoms with van der Waals surface area (Å²) in [5.74, 6) is -0.189. The number of hydrogen-bond donors (Lipinski definition) is 2. The van der Waals surface area contributed by atoms with Gasteiger partial charge in [0.15, 0.2) is 0 Å². The maximum absolute atomic E-state index is 13.1. The molecule has 0 spiro atoms. The standard InChI is InChI=1S/C26H25N7O2/c34-25(20-10-7-15-32(17-20)23-16-27-13-14-28-23)29-30-26(35)22-18-33(21-11-5-2-6-12-21)31-24(22)19-8-3-1-4-9-19/h1-6,8-9,11-14,16,18,20H,7,10,15,17H2,(H,29,34)(H,30,35). The number of carbonyl (C=O) groups is 2. The minimum atomic E-state index is -0.430. The van der Waals surface area contributed by atoms with Crippen molar-refractivity contribution >= 4 is 17.6 Å². The Bertz CT molecular complexity index is 1290. The number of nitrogens with zero attached hydrogens (tertiary/aromatic N) is 5. The Morgan fingerprint density at radius 2 is 1.71 bits per heavy atom. The third kappa shape index (κ3) is 5.03. The minimum absolute atomic E-state index is 0.233. The van der Waals surface area contributed by atoms with Gasteiger partial charge in [-0.15, -0.1) is 0 Å². The first-order valence-electron chi connectivity index (χ1n) is 11.5. The molecule has 2 amide bonds. The van der Waals surface area contributed by atoms with Gasteiger partial charge in [-0.25, -0.2) is 9.67 Å². The van der Waals surface area contributed by atoms with E-state index in [1.165, 1.54) is 0 Å². The largest absolute Gasteiger partial charge is 0.355 e. The van der Waals surface area contributed by atoms with Crippen LogP contribution in [0.2, 0.25) is 0 Å². The minimum Gasteiger partial charge on any atom is -0.355 e. The Balaban J connectivity index is 1.30. The van der Waals surface area contributed by atoms with Crippen LogP contribution >= 0.6 is 0 Å². The van der Waals surface area contributed by atoms with Crippen LogP contribution < -0.4 is 15.8 Å². The number of anilines is 1. The van der Waals surface area contributed by atoms with E-state index in [0.717, 1.165) is 36.5 Å². The average Bonchev–Trinajstić information content (AvgIpc) is 3.39. The third-order valence-corrected chi connectivity index (χ3v) is 5.99. The van der Waals surface area contributed by atoms with Crippen LogP contribution in [0.25, 0.3) is 16.9 Å². The number of nitrogens with one attached hydrogen (secondary N) is 2. The highest BCUT2D eigenvalue weighted by atomic mass is 16.2. The van der Waals surface area contributed by atoms with Gasteiger partial charge < -0.3 is 4.90 Å². The Morgan fingerprint density at radius 3 is 2.46 bits per heavy atom. The lowest BCUT2D eigenvalue weighted by Gasteiger charge is -2.32.